The maximum Gasteiger partial charge on any atom is 0.466 e. The molecule has 4 atom stereocenters. The van der Waals surface area contributed by atoms with Gasteiger partial charge in [-0.1, -0.05) is 0 Å². The largest absolute Gasteiger partial charge is 0.466 e. The van der Waals surface area contributed by atoms with Gasteiger partial charge in [0.15, 0.2) is 6.23 Å². The molecule has 7 N–H and O–H groups in total. The number of aliphatic hydroxyl groups is 3. The molecule has 1 aliphatic rings. The van der Waals surface area contributed by atoms with E-state index in [0.717, 1.165) is 0 Å². The van der Waals surface area contributed by atoms with Crippen LogP contribution in [0.3, 0.4) is 0 Å². The lowest BCUT2D eigenvalue weighted by molar-refractivity contribution is -0.0572. The van der Waals surface area contributed by atoms with Crippen LogP contribution in [-0.2, 0) is 9.30 Å². The summed E-state index contributed by atoms with van der Waals surface area (Å²) >= 11 is 0. The van der Waals surface area contributed by atoms with Gasteiger partial charge >= 0.3 is 19.1 Å². The Morgan fingerprint density at radius 3 is 2.25 bits per heavy atom. The molecule has 0 aliphatic carbocycles. The Morgan fingerprint density at radius 2 is 1.83 bits per heavy atom. The van der Waals surface area contributed by atoms with Gasteiger partial charge in [-0.2, -0.15) is 0 Å². The predicted molar refractivity (Wildman–Crippen MR) is 70.3 cm³/mol. The van der Waals surface area contributed by atoms with Gasteiger partial charge < -0.3 is 34.7 Å². The zero-order chi connectivity index (χ0) is 18.7. The van der Waals surface area contributed by atoms with Crippen LogP contribution in [0.2, 0.25) is 0 Å². The second-order valence-electron chi connectivity index (χ2n) is 4.48. The first-order valence-corrected chi connectivity index (χ1v) is 7.61. The van der Waals surface area contributed by atoms with Crippen molar-refractivity contribution in [1.82, 2.24) is 9.55 Å². The summed E-state index contributed by atoms with van der Waals surface area (Å²) < 4.78 is 26.7. The fraction of sp³-hybridized carbons (Fsp3) is 0.556. The van der Waals surface area contributed by atoms with Gasteiger partial charge in [0.25, 0.3) is 5.75 Å². The van der Waals surface area contributed by atoms with Crippen molar-refractivity contribution in [2.45, 2.75) is 24.5 Å². The maximum atomic E-state index is 12.1. The molecule has 1 aliphatic heterocycles. The van der Waals surface area contributed by atoms with Crippen LogP contribution in [0.25, 0.3) is 0 Å². The molecular weight excluding hydrogens is 362 g/mol. The minimum absolute atomic E-state index is 0.584. The molecule has 1 aromatic heterocycles. The molecule has 0 aromatic carbocycles. The lowest BCUT2D eigenvalue weighted by Crippen LogP contribution is -2.38. The number of nitrogens with zero attached hydrogens (tertiary/aromatic N) is 1. The summed E-state index contributed by atoms with van der Waals surface area (Å²) in [5.74, 6) is -0.808. The van der Waals surface area contributed by atoms with Gasteiger partial charge in [-0.05, 0) is 0 Å². The highest BCUT2D eigenvalue weighted by molar-refractivity contribution is 7.45. The van der Waals surface area contributed by atoms with E-state index in [-0.39, 0.29) is 0 Å². The van der Waals surface area contributed by atoms with Crippen LogP contribution in [0.4, 0.5) is 4.53 Å². The van der Waals surface area contributed by atoms with Gasteiger partial charge in [0.1, 0.15) is 18.3 Å². The van der Waals surface area contributed by atoms with Gasteiger partial charge in [-0.3, -0.25) is 19.3 Å². The van der Waals surface area contributed by atoms with Crippen LogP contribution < -0.4 is 16.2 Å². The monoisotopic (exact) mass is 376 g/mol. The number of hydrogen-bond acceptors (Lipinski definition) is 8. The fourth-order valence-corrected chi connectivity index (χ4v) is 1.82. The average molecular weight is 376 g/mol. The molecule has 13 nitrogen and oxygen atoms in total. The van der Waals surface area contributed by atoms with E-state index in [2.05, 4.69) is 4.94 Å². The van der Waals surface area contributed by atoms with E-state index >= 15 is 0 Å². The van der Waals surface area contributed by atoms with Crippen LogP contribution in [0.1, 0.15) is 6.23 Å². The van der Waals surface area contributed by atoms with Crippen molar-refractivity contribution in [3.05, 3.63) is 27.0 Å². The van der Waals surface area contributed by atoms with E-state index in [1.807, 2.05) is 0 Å². The first-order chi connectivity index (χ1) is 11.0. The van der Waals surface area contributed by atoms with Crippen LogP contribution in [-0.4, -0.2) is 64.5 Å². The van der Waals surface area contributed by atoms with Crippen molar-refractivity contribution in [3.63, 3.8) is 0 Å². The second kappa shape index (κ2) is 7.96. The van der Waals surface area contributed by atoms with Gasteiger partial charge in [0, 0.05) is 4.53 Å². The minimum Gasteiger partial charge on any atom is -0.394 e. The van der Waals surface area contributed by atoms with Gasteiger partial charge in [0.05, 0.1) is 12.8 Å². The van der Waals surface area contributed by atoms with Gasteiger partial charge in [0.2, 0.25) is 0 Å². The Morgan fingerprint density at radius 1 is 1.29 bits per heavy atom. The first kappa shape index (κ1) is 20.4. The molecule has 0 amide bonds. The minimum atomic E-state index is -4.64. The van der Waals surface area contributed by atoms with Crippen molar-refractivity contribution < 1.29 is 48.8 Å². The van der Waals surface area contributed by atoms with Crippen molar-refractivity contribution in [1.29, 1.82) is 0 Å². The summed E-state index contributed by atoms with van der Waals surface area (Å²) in [4.78, 5) is 49.2. The predicted octanol–water partition coefficient (Wildman–Crippen LogP) is -3.52. The zero-order valence-electron chi connectivity index (χ0n) is 11.6. The molecule has 0 radical (unpaired) electrons. The highest BCUT2D eigenvalue weighted by Gasteiger charge is 2.43. The van der Waals surface area contributed by atoms with Crippen molar-refractivity contribution in [3.8, 4) is 5.75 Å². The van der Waals surface area contributed by atoms with E-state index < -0.39 is 56.0 Å². The number of phosphoric acid groups is 1. The van der Waals surface area contributed by atoms with E-state index in [1.54, 1.807) is 4.98 Å². The van der Waals surface area contributed by atoms with Crippen LogP contribution in [0.5, 0.6) is 5.75 Å². The Hall–Kier alpha value is -1.64. The van der Waals surface area contributed by atoms with E-state index in [4.69, 9.17) is 29.1 Å². The first-order valence-electron chi connectivity index (χ1n) is 6.04. The van der Waals surface area contributed by atoms with Crippen molar-refractivity contribution in [2.75, 3.05) is 6.61 Å². The molecule has 2 rings (SSSR count). The number of aliphatic hydroxyl groups excluding tert-OH is 3. The topological polar surface area (TPSA) is 212 Å². The summed E-state index contributed by atoms with van der Waals surface area (Å²) in [7, 11) is -4.64. The lowest BCUT2D eigenvalue weighted by atomic mass is 10.1. The summed E-state index contributed by atoms with van der Waals surface area (Å²) in [6.07, 6.45) is -4.75. The molecule has 1 saturated heterocycles. The molecule has 0 spiro atoms. The Bertz CT molecular complexity index is 706. The Kier molecular flexibility index (Phi) is 6.76. The van der Waals surface area contributed by atoms with Gasteiger partial charge in [-0.15, -0.1) is 0 Å². The molecular formula is C9H14FN2O11P. The van der Waals surface area contributed by atoms with Crippen LogP contribution in [0.15, 0.2) is 15.8 Å². The molecule has 24 heavy (non-hydrogen) atoms. The highest BCUT2D eigenvalue weighted by atomic mass is 31.2. The number of H-pyrrole nitrogens is 1. The van der Waals surface area contributed by atoms with E-state index in [1.165, 1.54) is 0 Å². The number of aromatic nitrogens is 2. The highest BCUT2D eigenvalue weighted by Crippen LogP contribution is 2.28. The number of rotatable bonds is 3. The molecule has 0 saturated carbocycles. The standard InChI is InChI=1S/C9H11FN2O7.H3O4P/c10-19-3-1-12(9(17)11-7(3)16)8-6(15)5(14)4(2-13)18-8;1-5(2,3)4/h1,4-6,8,13-15H,2H2,(H,11,16,17);(H3,1,2,3,4)/t4-,5-,6-,8-;/m1./s1. The van der Waals surface area contributed by atoms with Gasteiger partial charge in [-0.25, -0.2) is 9.36 Å². The summed E-state index contributed by atoms with van der Waals surface area (Å²) in [5.41, 5.74) is -2.07. The summed E-state index contributed by atoms with van der Waals surface area (Å²) in [6, 6.07) is 0. The van der Waals surface area contributed by atoms with Crippen LogP contribution >= 0.6 is 7.82 Å². The maximum absolute atomic E-state index is 12.1. The van der Waals surface area contributed by atoms with E-state index in [0.29, 0.717) is 10.8 Å². The number of halogens is 1. The fourth-order valence-electron chi connectivity index (χ4n) is 1.82. The average Bonchev–Trinajstić information content (AvgIpc) is 2.73. The van der Waals surface area contributed by atoms with E-state index in [9.17, 15) is 24.3 Å². The molecule has 138 valence electrons. The molecule has 1 aromatic rings. The third kappa shape index (κ3) is 5.19. The number of ether oxygens (including phenoxy) is 1. The smallest absolute Gasteiger partial charge is 0.394 e. The molecule has 1 fully saturated rings. The Labute approximate surface area is 131 Å². The Balaban J connectivity index is 0.000000505. The van der Waals surface area contributed by atoms with Crippen molar-refractivity contribution in [2.24, 2.45) is 0 Å². The normalized spacial score (nSPS) is 26.6. The second-order valence-corrected chi connectivity index (χ2v) is 5.51. The molecule has 0 bridgehead atoms. The SMILES string of the molecule is O=P(O)(O)O.O=c1[nH]c(=O)n([C@@H]2O[C@H](CO)[C@@H](O)[C@H]2O)cc1OF. The number of hydrogen-bond donors (Lipinski definition) is 7. The number of nitrogens with one attached hydrogen (secondary N) is 1. The summed E-state index contributed by atoms with van der Waals surface area (Å²) in [6.45, 7) is -0.584. The zero-order valence-corrected chi connectivity index (χ0v) is 12.5. The quantitative estimate of drug-likeness (QED) is 0.257. The molecule has 2 heterocycles. The lowest BCUT2D eigenvalue weighted by Gasteiger charge is -2.16. The van der Waals surface area contributed by atoms with Crippen molar-refractivity contribution >= 4 is 7.82 Å². The third-order valence-corrected chi connectivity index (χ3v) is 2.81. The molecule has 0 unspecified atom stereocenters. The number of aromatic amines is 1. The third-order valence-electron chi connectivity index (χ3n) is 2.81. The summed E-state index contributed by atoms with van der Waals surface area (Å²) in [5, 5.41) is 28.1. The molecule has 15 heteroatoms. The van der Waals surface area contributed by atoms with Crippen LogP contribution in [0, 0.1) is 0 Å².